The average Bonchev–Trinajstić information content (AvgIpc) is 2.71. The van der Waals surface area contributed by atoms with Crippen LogP contribution in [0.2, 0.25) is 0 Å². The first kappa shape index (κ1) is 20.5. The van der Waals surface area contributed by atoms with Crippen molar-refractivity contribution in [3.63, 3.8) is 0 Å². The summed E-state index contributed by atoms with van der Waals surface area (Å²) in [6.07, 6.45) is -4.57. The molecule has 1 fully saturated rings. The molecule has 0 aromatic heterocycles. The molecule has 0 radical (unpaired) electrons. The second kappa shape index (κ2) is 8.42. The molecule has 9 heteroatoms. The zero-order valence-electron chi connectivity index (χ0n) is 15.4. The van der Waals surface area contributed by atoms with Gasteiger partial charge in [0.2, 0.25) is 0 Å². The summed E-state index contributed by atoms with van der Waals surface area (Å²) in [7, 11) is 0. The zero-order valence-corrected chi connectivity index (χ0v) is 15.4. The van der Waals surface area contributed by atoms with Gasteiger partial charge in [-0.25, -0.2) is 4.79 Å². The molecule has 154 valence electrons. The summed E-state index contributed by atoms with van der Waals surface area (Å²) in [6, 6.07) is 11.3. The van der Waals surface area contributed by atoms with E-state index in [1.165, 1.54) is 29.2 Å². The van der Waals surface area contributed by atoms with E-state index < -0.39 is 30.2 Å². The Kier molecular flexibility index (Phi) is 5.95. The lowest BCUT2D eigenvalue weighted by Gasteiger charge is -2.36. The van der Waals surface area contributed by atoms with E-state index in [0.29, 0.717) is 31.9 Å². The Morgan fingerprint density at radius 3 is 2.24 bits per heavy atom. The number of nitrogens with zero attached hydrogens (tertiary/aromatic N) is 2. The van der Waals surface area contributed by atoms with Crippen molar-refractivity contribution in [1.82, 2.24) is 4.90 Å². The van der Waals surface area contributed by atoms with Crippen LogP contribution in [0.25, 0.3) is 0 Å². The number of halogens is 3. The Bertz CT molecular complexity index is 893. The molecule has 0 unspecified atom stereocenters. The largest absolute Gasteiger partial charge is 0.483 e. The predicted octanol–water partition coefficient (Wildman–Crippen LogP) is 3.13. The maximum Gasteiger partial charge on any atom is 0.419 e. The number of anilines is 1. The number of carboxylic acid groups (broad SMARTS) is 1. The molecule has 0 bridgehead atoms. The van der Waals surface area contributed by atoms with E-state index in [0.717, 1.165) is 6.07 Å². The summed E-state index contributed by atoms with van der Waals surface area (Å²) in [5, 5.41) is 9.31. The number of carbonyl (C=O) groups is 2. The van der Waals surface area contributed by atoms with Crippen molar-refractivity contribution in [1.29, 1.82) is 0 Å². The Morgan fingerprint density at radius 1 is 0.966 bits per heavy atom. The second-order valence-corrected chi connectivity index (χ2v) is 6.47. The third-order valence-electron chi connectivity index (χ3n) is 4.65. The SMILES string of the molecule is O=C(O)c1ccccc1N1CCN(C(=O)COc2ccccc2C(F)(F)F)CC1. The van der Waals surface area contributed by atoms with Crippen LogP contribution in [0.3, 0.4) is 0 Å². The summed E-state index contributed by atoms with van der Waals surface area (Å²) in [6.45, 7) is 0.956. The van der Waals surface area contributed by atoms with Crippen LogP contribution in [0.4, 0.5) is 18.9 Å². The summed E-state index contributed by atoms with van der Waals surface area (Å²) in [4.78, 5) is 27.1. The van der Waals surface area contributed by atoms with Crippen LogP contribution in [0.5, 0.6) is 5.75 Å². The minimum Gasteiger partial charge on any atom is -0.483 e. The number of hydrogen-bond donors (Lipinski definition) is 1. The Morgan fingerprint density at radius 2 is 1.59 bits per heavy atom. The van der Waals surface area contributed by atoms with Crippen LogP contribution in [0.15, 0.2) is 48.5 Å². The molecular weight excluding hydrogens is 389 g/mol. The van der Waals surface area contributed by atoms with Crippen molar-refractivity contribution in [2.45, 2.75) is 6.18 Å². The van der Waals surface area contributed by atoms with Gasteiger partial charge in [0, 0.05) is 26.2 Å². The van der Waals surface area contributed by atoms with Crippen LogP contribution >= 0.6 is 0 Å². The maximum absolute atomic E-state index is 13.0. The number of alkyl halides is 3. The molecule has 1 saturated heterocycles. The lowest BCUT2D eigenvalue weighted by atomic mass is 10.1. The number of aromatic carboxylic acids is 1. The molecule has 1 N–H and O–H groups in total. The van der Waals surface area contributed by atoms with Gasteiger partial charge in [-0.1, -0.05) is 24.3 Å². The molecule has 1 amide bonds. The molecule has 0 atom stereocenters. The van der Waals surface area contributed by atoms with E-state index in [2.05, 4.69) is 0 Å². The Hall–Kier alpha value is -3.23. The van der Waals surface area contributed by atoms with Crippen LogP contribution in [-0.4, -0.2) is 54.7 Å². The molecule has 0 spiro atoms. The van der Waals surface area contributed by atoms with Crippen molar-refractivity contribution in [2.75, 3.05) is 37.7 Å². The number of hydrogen-bond acceptors (Lipinski definition) is 4. The van der Waals surface area contributed by atoms with Crippen molar-refractivity contribution in [3.8, 4) is 5.75 Å². The average molecular weight is 408 g/mol. The van der Waals surface area contributed by atoms with Gasteiger partial charge >= 0.3 is 12.1 Å². The fraction of sp³-hybridized carbons (Fsp3) is 0.300. The zero-order chi connectivity index (χ0) is 21.0. The lowest BCUT2D eigenvalue weighted by Crippen LogP contribution is -2.50. The highest BCUT2D eigenvalue weighted by atomic mass is 19.4. The van der Waals surface area contributed by atoms with Gasteiger partial charge in [-0.05, 0) is 24.3 Å². The number of carbonyl (C=O) groups excluding carboxylic acids is 1. The minimum absolute atomic E-state index is 0.180. The topological polar surface area (TPSA) is 70.1 Å². The molecule has 1 aliphatic heterocycles. The summed E-state index contributed by atoms with van der Waals surface area (Å²) in [5.74, 6) is -1.84. The first-order valence-electron chi connectivity index (χ1n) is 8.91. The summed E-state index contributed by atoms with van der Waals surface area (Å²) in [5.41, 5.74) is -0.176. The van der Waals surface area contributed by atoms with Gasteiger partial charge in [0.1, 0.15) is 5.75 Å². The molecule has 0 aliphatic carbocycles. The van der Waals surface area contributed by atoms with Crippen molar-refractivity contribution >= 4 is 17.6 Å². The number of amides is 1. The van der Waals surface area contributed by atoms with Crippen LogP contribution in [0.1, 0.15) is 15.9 Å². The van der Waals surface area contributed by atoms with Gasteiger partial charge in [-0.3, -0.25) is 4.79 Å². The van der Waals surface area contributed by atoms with Gasteiger partial charge in [0.25, 0.3) is 5.91 Å². The van der Waals surface area contributed by atoms with Crippen molar-refractivity contribution < 1.29 is 32.6 Å². The van der Waals surface area contributed by atoms with Gasteiger partial charge in [0.15, 0.2) is 6.61 Å². The fourth-order valence-corrected chi connectivity index (χ4v) is 3.18. The van der Waals surface area contributed by atoms with Crippen LogP contribution < -0.4 is 9.64 Å². The number of piperazine rings is 1. The smallest absolute Gasteiger partial charge is 0.419 e. The molecule has 2 aromatic rings. The first-order valence-corrected chi connectivity index (χ1v) is 8.91. The van der Waals surface area contributed by atoms with E-state index in [1.807, 2.05) is 4.90 Å². The van der Waals surface area contributed by atoms with Gasteiger partial charge < -0.3 is 19.6 Å². The Labute approximate surface area is 165 Å². The molecule has 29 heavy (non-hydrogen) atoms. The highest BCUT2D eigenvalue weighted by molar-refractivity contribution is 5.94. The van der Waals surface area contributed by atoms with Gasteiger partial charge in [-0.15, -0.1) is 0 Å². The molecule has 2 aromatic carbocycles. The minimum atomic E-state index is -4.57. The van der Waals surface area contributed by atoms with E-state index in [9.17, 15) is 27.9 Å². The molecular formula is C20H19F3N2O4. The molecule has 0 saturated carbocycles. The van der Waals surface area contributed by atoms with E-state index in [4.69, 9.17) is 4.74 Å². The third-order valence-corrected chi connectivity index (χ3v) is 4.65. The van der Waals surface area contributed by atoms with Crippen LogP contribution in [-0.2, 0) is 11.0 Å². The fourth-order valence-electron chi connectivity index (χ4n) is 3.18. The Balaban J connectivity index is 1.59. The molecule has 3 rings (SSSR count). The highest BCUT2D eigenvalue weighted by Gasteiger charge is 2.34. The third kappa shape index (κ3) is 4.79. The van der Waals surface area contributed by atoms with Crippen LogP contribution in [0, 0.1) is 0 Å². The standard InChI is InChI=1S/C20H19F3N2O4/c21-20(22,23)15-6-2-4-8-17(15)29-13-18(26)25-11-9-24(10-12-25)16-7-3-1-5-14(16)19(27)28/h1-8H,9-13H2,(H,27,28). The van der Waals surface area contributed by atoms with Gasteiger partial charge in [0.05, 0.1) is 16.8 Å². The lowest BCUT2D eigenvalue weighted by molar-refractivity contribution is -0.141. The molecule has 6 nitrogen and oxygen atoms in total. The highest BCUT2D eigenvalue weighted by Crippen LogP contribution is 2.35. The second-order valence-electron chi connectivity index (χ2n) is 6.47. The van der Waals surface area contributed by atoms with Gasteiger partial charge in [-0.2, -0.15) is 13.2 Å². The van der Waals surface area contributed by atoms with Crippen molar-refractivity contribution in [3.05, 3.63) is 59.7 Å². The maximum atomic E-state index is 13.0. The summed E-state index contributed by atoms with van der Waals surface area (Å²) < 4.78 is 44.1. The number of rotatable bonds is 5. The first-order chi connectivity index (χ1) is 13.8. The normalized spacial score (nSPS) is 14.6. The van der Waals surface area contributed by atoms with E-state index in [1.54, 1.807) is 18.2 Å². The van der Waals surface area contributed by atoms with E-state index >= 15 is 0 Å². The number of carboxylic acids is 1. The predicted molar refractivity (Wildman–Crippen MR) is 99.1 cm³/mol. The monoisotopic (exact) mass is 408 g/mol. The van der Waals surface area contributed by atoms with Crippen molar-refractivity contribution in [2.24, 2.45) is 0 Å². The number of para-hydroxylation sites is 2. The molecule has 1 heterocycles. The number of benzene rings is 2. The summed E-state index contributed by atoms with van der Waals surface area (Å²) >= 11 is 0. The van der Waals surface area contributed by atoms with E-state index in [-0.39, 0.29) is 11.3 Å². The number of ether oxygens (including phenoxy) is 1. The molecule has 1 aliphatic rings. The quantitative estimate of drug-likeness (QED) is 0.823.